The van der Waals surface area contributed by atoms with E-state index in [0.29, 0.717) is 10.7 Å². The Morgan fingerprint density at radius 2 is 2.53 bits per heavy atom. The van der Waals surface area contributed by atoms with Gasteiger partial charge < -0.3 is 4.74 Å². The van der Waals surface area contributed by atoms with Crippen molar-refractivity contribution in [3.05, 3.63) is 27.1 Å². The largest absolute Gasteiger partial charge is 0.371 e. The lowest BCUT2D eigenvalue weighted by Crippen LogP contribution is -2.15. The maximum absolute atomic E-state index is 11.8. The van der Waals surface area contributed by atoms with Gasteiger partial charge in [0.2, 0.25) is 4.96 Å². The van der Waals surface area contributed by atoms with E-state index >= 15 is 0 Å². The number of hydrogen-bond donors (Lipinski definition) is 0. The van der Waals surface area contributed by atoms with E-state index < -0.39 is 0 Å². The molecule has 1 aliphatic rings. The molecule has 2 aromatic heterocycles. The number of hydrogen-bond acceptors (Lipinski definition) is 5. The first-order valence-corrected chi connectivity index (χ1v) is 6.70. The van der Waals surface area contributed by atoms with Crippen LogP contribution in [0.25, 0.3) is 4.96 Å². The van der Waals surface area contributed by atoms with Crippen LogP contribution in [0.3, 0.4) is 0 Å². The summed E-state index contributed by atoms with van der Waals surface area (Å²) in [4.78, 5) is 16.6. The highest BCUT2D eigenvalue weighted by molar-refractivity contribution is 7.16. The summed E-state index contributed by atoms with van der Waals surface area (Å²) in [6.45, 7) is 0.760. The number of fused-ring (bicyclic) bond motifs is 1. The summed E-state index contributed by atoms with van der Waals surface area (Å²) in [5.74, 6) is 0.235. The summed E-state index contributed by atoms with van der Waals surface area (Å²) < 4.78 is 6.86. The molecule has 17 heavy (non-hydrogen) atoms. The van der Waals surface area contributed by atoms with Gasteiger partial charge in [0.25, 0.3) is 5.56 Å². The van der Waals surface area contributed by atoms with Gasteiger partial charge in [-0.3, -0.25) is 4.79 Å². The van der Waals surface area contributed by atoms with Gasteiger partial charge in [-0.05, 0) is 12.8 Å². The Bertz CT molecular complexity index is 603. The molecule has 0 spiro atoms. The second-order valence-electron chi connectivity index (χ2n) is 3.86. The first-order chi connectivity index (χ1) is 8.28. The summed E-state index contributed by atoms with van der Waals surface area (Å²) in [7, 11) is 0. The quantitative estimate of drug-likeness (QED) is 0.781. The zero-order chi connectivity index (χ0) is 11.8. The second kappa shape index (κ2) is 4.36. The van der Waals surface area contributed by atoms with Gasteiger partial charge in [-0.2, -0.15) is 9.61 Å². The number of alkyl halides is 1. The Morgan fingerprint density at radius 1 is 1.65 bits per heavy atom. The molecule has 0 N–H and O–H groups in total. The highest BCUT2D eigenvalue weighted by Crippen LogP contribution is 2.30. The van der Waals surface area contributed by atoms with Gasteiger partial charge >= 0.3 is 0 Å². The third-order valence-corrected chi connectivity index (χ3v) is 3.93. The van der Waals surface area contributed by atoms with Crippen molar-refractivity contribution in [2.24, 2.45) is 0 Å². The molecule has 0 bridgehead atoms. The molecule has 7 heteroatoms. The molecular weight excluding hydrogens is 262 g/mol. The fourth-order valence-electron chi connectivity index (χ4n) is 1.84. The SMILES string of the molecule is O=c1cc(CCl)nc2sc([C@H]3CCCO3)nn12. The average Bonchev–Trinajstić information content (AvgIpc) is 2.96. The van der Waals surface area contributed by atoms with Crippen molar-refractivity contribution in [2.75, 3.05) is 6.61 Å². The van der Waals surface area contributed by atoms with Gasteiger partial charge in [0, 0.05) is 12.7 Å². The standard InChI is InChI=1S/C10H10ClN3O2S/c11-5-6-4-8(15)14-10(12-6)17-9(13-14)7-2-1-3-16-7/h4,7H,1-3,5H2/t7-/m1/s1. The van der Waals surface area contributed by atoms with Crippen molar-refractivity contribution < 1.29 is 4.74 Å². The molecule has 5 nitrogen and oxygen atoms in total. The van der Waals surface area contributed by atoms with E-state index in [-0.39, 0.29) is 17.5 Å². The minimum Gasteiger partial charge on any atom is -0.371 e. The smallest absolute Gasteiger partial charge is 0.275 e. The summed E-state index contributed by atoms with van der Waals surface area (Å²) in [5.41, 5.74) is 0.394. The number of ether oxygens (including phenoxy) is 1. The average molecular weight is 272 g/mol. The number of rotatable bonds is 2. The molecule has 1 saturated heterocycles. The molecule has 3 heterocycles. The van der Waals surface area contributed by atoms with Crippen molar-refractivity contribution in [2.45, 2.75) is 24.8 Å². The van der Waals surface area contributed by atoms with Crippen LogP contribution in [-0.4, -0.2) is 21.2 Å². The molecular formula is C10H10ClN3O2S. The van der Waals surface area contributed by atoms with Gasteiger partial charge in [-0.15, -0.1) is 11.6 Å². The third-order valence-electron chi connectivity index (χ3n) is 2.66. The van der Waals surface area contributed by atoms with E-state index in [1.165, 1.54) is 21.9 Å². The molecule has 3 rings (SSSR count). The number of halogens is 1. The van der Waals surface area contributed by atoms with Crippen molar-refractivity contribution >= 4 is 27.9 Å². The van der Waals surface area contributed by atoms with Crippen LogP contribution in [0.15, 0.2) is 10.9 Å². The Hall–Kier alpha value is -0.980. The fourth-order valence-corrected chi connectivity index (χ4v) is 2.99. The lowest BCUT2D eigenvalue weighted by Gasteiger charge is -2.01. The predicted molar refractivity (Wildman–Crippen MR) is 64.6 cm³/mol. The van der Waals surface area contributed by atoms with E-state index in [1.54, 1.807) is 0 Å². The lowest BCUT2D eigenvalue weighted by atomic mass is 10.2. The zero-order valence-corrected chi connectivity index (χ0v) is 10.5. The molecule has 0 amide bonds. The molecule has 1 fully saturated rings. The van der Waals surface area contributed by atoms with E-state index in [2.05, 4.69) is 10.1 Å². The fraction of sp³-hybridized carbons (Fsp3) is 0.500. The molecule has 0 radical (unpaired) electrons. The molecule has 90 valence electrons. The van der Waals surface area contributed by atoms with Gasteiger partial charge in [-0.1, -0.05) is 11.3 Å². The van der Waals surface area contributed by atoms with Crippen molar-refractivity contribution in [3.8, 4) is 0 Å². The zero-order valence-electron chi connectivity index (χ0n) is 8.93. The first kappa shape index (κ1) is 11.1. The number of aromatic nitrogens is 3. The second-order valence-corrected chi connectivity index (χ2v) is 5.11. The lowest BCUT2D eigenvalue weighted by molar-refractivity contribution is 0.111. The normalized spacial score (nSPS) is 20.2. The predicted octanol–water partition coefficient (Wildman–Crippen LogP) is 1.74. The molecule has 0 saturated carbocycles. The maximum Gasteiger partial charge on any atom is 0.275 e. The van der Waals surface area contributed by atoms with E-state index in [1.807, 2.05) is 0 Å². The first-order valence-electron chi connectivity index (χ1n) is 5.35. The minimum absolute atomic E-state index is 0.0144. The summed E-state index contributed by atoms with van der Waals surface area (Å²) in [6, 6.07) is 1.42. The molecule has 0 unspecified atom stereocenters. The van der Waals surface area contributed by atoms with Crippen molar-refractivity contribution in [3.63, 3.8) is 0 Å². The van der Waals surface area contributed by atoms with Crippen molar-refractivity contribution in [1.29, 1.82) is 0 Å². The maximum atomic E-state index is 11.8. The van der Waals surface area contributed by atoms with Crippen LogP contribution in [0, 0.1) is 0 Å². The van der Waals surface area contributed by atoms with Gasteiger partial charge in [0.05, 0.1) is 11.6 Å². The Kier molecular flexibility index (Phi) is 2.85. The highest BCUT2D eigenvalue weighted by Gasteiger charge is 2.22. The van der Waals surface area contributed by atoms with Crippen LogP contribution in [0.5, 0.6) is 0 Å². The monoisotopic (exact) mass is 271 g/mol. The van der Waals surface area contributed by atoms with E-state index in [9.17, 15) is 4.79 Å². The van der Waals surface area contributed by atoms with Crippen LogP contribution in [0.2, 0.25) is 0 Å². The van der Waals surface area contributed by atoms with Crippen LogP contribution < -0.4 is 5.56 Å². The molecule has 0 aliphatic carbocycles. The summed E-state index contributed by atoms with van der Waals surface area (Å²) in [5, 5.41) is 5.08. The molecule has 1 aliphatic heterocycles. The van der Waals surface area contributed by atoms with Crippen LogP contribution in [-0.2, 0) is 10.6 Å². The third kappa shape index (κ3) is 1.96. The van der Waals surface area contributed by atoms with Gasteiger partial charge in [0.15, 0.2) is 0 Å². The van der Waals surface area contributed by atoms with Crippen LogP contribution in [0.1, 0.15) is 29.6 Å². The van der Waals surface area contributed by atoms with Gasteiger partial charge in [0.1, 0.15) is 11.1 Å². The van der Waals surface area contributed by atoms with Gasteiger partial charge in [-0.25, -0.2) is 4.98 Å². The Labute approximate surface area is 106 Å². The Balaban J connectivity index is 2.11. The summed E-state index contributed by atoms with van der Waals surface area (Å²) in [6.07, 6.45) is 2.01. The van der Waals surface area contributed by atoms with Crippen LogP contribution >= 0.6 is 22.9 Å². The molecule has 2 aromatic rings. The number of nitrogens with zero attached hydrogens (tertiary/aromatic N) is 3. The van der Waals surface area contributed by atoms with E-state index in [4.69, 9.17) is 16.3 Å². The highest BCUT2D eigenvalue weighted by atomic mass is 35.5. The van der Waals surface area contributed by atoms with Crippen LogP contribution in [0.4, 0.5) is 0 Å². The molecule has 1 atom stereocenters. The minimum atomic E-state index is -0.189. The summed E-state index contributed by atoms with van der Waals surface area (Å²) >= 11 is 7.08. The van der Waals surface area contributed by atoms with Crippen molar-refractivity contribution in [1.82, 2.24) is 14.6 Å². The Morgan fingerprint density at radius 3 is 3.24 bits per heavy atom. The van der Waals surface area contributed by atoms with E-state index in [0.717, 1.165) is 24.5 Å². The molecule has 0 aromatic carbocycles. The topological polar surface area (TPSA) is 56.5 Å².